The third-order valence-corrected chi connectivity index (χ3v) is 3.66. The molecule has 0 spiro atoms. The van der Waals surface area contributed by atoms with Crippen molar-refractivity contribution < 1.29 is 9.53 Å². The Morgan fingerprint density at radius 2 is 1.81 bits per heavy atom. The van der Waals surface area contributed by atoms with Crippen molar-refractivity contribution in [2.75, 3.05) is 19.0 Å². The number of carbonyl (C=O) groups is 1. The Kier molecular flexibility index (Phi) is 6.79. The number of benzene rings is 2. The van der Waals surface area contributed by atoms with E-state index in [0.717, 1.165) is 11.3 Å². The maximum Gasteiger partial charge on any atom is 0.253 e. The van der Waals surface area contributed by atoms with Gasteiger partial charge >= 0.3 is 0 Å². The number of methoxy groups -OCH3 is 1. The Morgan fingerprint density at radius 1 is 1.12 bits per heavy atom. The first-order valence-electron chi connectivity index (χ1n) is 7.95. The molecule has 2 N–H and O–H groups in total. The lowest BCUT2D eigenvalue weighted by Crippen LogP contribution is -2.26. The van der Waals surface area contributed by atoms with Crippen LogP contribution in [0.15, 0.2) is 60.3 Å². The summed E-state index contributed by atoms with van der Waals surface area (Å²) in [4.78, 5) is 12.5. The normalized spacial score (nSPS) is 9.35. The number of allylic oxidation sites excluding steroid dienone is 1. The van der Waals surface area contributed by atoms with Crippen molar-refractivity contribution in [1.29, 1.82) is 10.5 Å². The second-order valence-corrected chi connectivity index (χ2v) is 5.29. The predicted octanol–water partition coefficient (Wildman–Crippen LogP) is 3.01. The first-order chi connectivity index (χ1) is 12.7. The molecule has 1 amide bonds. The smallest absolute Gasteiger partial charge is 0.253 e. The zero-order valence-electron chi connectivity index (χ0n) is 14.3. The summed E-state index contributed by atoms with van der Waals surface area (Å²) in [6.07, 6.45) is 1.92. The summed E-state index contributed by atoms with van der Waals surface area (Å²) in [7, 11) is 1.61. The Morgan fingerprint density at radius 3 is 2.54 bits per heavy atom. The van der Waals surface area contributed by atoms with Crippen molar-refractivity contribution >= 4 is 11.6 Å². The van der Waals surface area contributed by atoms with E-state index in [-0.39, 0.29) is 11.5 Å². The number of carbonyl (C=O) groups excluding carboxylic acids is 1. The molecular formula is C20H18N4O2. The molecule has 6 nitrogen and oxygen atoms in total. The molecule has 0 radical (unpaired) electrons. The van der Waals surface area contributed by atoms with Gasteiger partial charge in [0.1, 0.15) is 23.5 Å². The van der Waals surface area contributed by atoms with E-state index < -0.39 is 0 Å². The summed E-state index contributed by atoms with van der Waals surface area (Å²) < 4.78 is 5.30. The Labute approximate surface area is 152 Å². The van der Waals surface area contributed by atoms with Crippen LogP contribution in [0.1, 0.15) is 15.9 Å². The lowest BCUT2D eigenvalue weighted by atomic mass is 10.1. The summed E-state index contributed by atoms with van der Waals surface area (Å²) >= 11 is 0. The first kappa shape index (κ1) is 18.6. The molecule has 0 fully saturated rings. The minimum absolute atomic E-state index is 0.0728. The number of rotatable bonds is 7. The second kappa shape index (κ2) is 9.51. The van der Waals surface area contributed by atoms with Gasteiger partial charge in [-0.2, -0.15) is 10.5 Å². The SMILES string of the molecule is COc1ccccc1CCNC(=O)c1ccccc1NC=C(C#N)C#N. The molecule has 0 aliphatic rings. The number of anilines is 1. The molecule has 0 saturated heterocycles. The van der Waals surface area contributed by atoms with Gasteiger partial charge in [0.05, 0.1) is 18.4 Å². The van der Waals surface area contributed by atoms with Crippen molar-refractivity contribution in [1.82, 2.24) is 5.32 Å². The van der Waals surface area contributed by atoms with E-state index in [1.165, 1.54) is 6.20 Å². The van der Waals surface area contributed by atoms with Crippen molar-refractivity contribution in [2.24, 2.45) is 0 Å². The van der Waals surface area contributed by atoms with Gasteiger partial charge in [0.15, 0.2) is 0 Å². The Hall–Kier alpha value is -3.77. The maximum atomic E-state index is 12.5. The highest BCUT2D eigenvalue weighted by molar-refractivity contribution is 5.99. The molecule has 0 bridgehead atoms. The molecule has 6 heteroatoms. The van der Waals surface area contributed by atoms with Crippen LogP contribution in [-0.4, -0.2) is 19.6 Å². The number of nitrogens with zero attached hydrogens (tertiary/aromatic N) is 2. The molecule has 0 saturated carbocycles. The van der Waals surface area contributed by atoms with Gasteiger partial charge < -0.3 is 15.4 Å². The van der Waals surface area contributed by atoms with E-state index in [1.807, 2.05) is 24.3 Å². The average Bonchev–Trinajstić information content (AvgIpc) is 2.69. The number of hydrogen-bond donors (Lipinski definition) is 2. The average molecular weight is 346 g/mol. The van der Waals surface area contributed by atoms with Crippen LogP contribution in [0.25, 0.3) is 0 Å². The van der Waals surface area contributed by atoms with Crippen LogP contribution in [0.5, 0.6) is 5.75 Å². The monoisotopic (exact) mass is 346 g/mol. The van der Waals surface area contributed by atoms with E-state index in [0.29, 0.717) is 24.2 Å². The number of nitrogens with one attached hydrogen (secondary N) is 2. The molecule has 0 heterocycles. The first-order valence-corrected chi connectivity index (χ1v) is 7.95. The summed E-state index contributed by atoms with van der Waals surface area (Å²) in [5.41, 5.74) is 1.89. The summed E-state index contributed by atoms with van der Waals surface area (Å²) in [6.45, 7) is 0.449. The maximum absolute atomic E-state index is 12.5. The zero-order valence-corrected chi connectivity index (χ0v) is 14.3. The molecule has 26 heavy (non-hydrogen) atoms. The van der Waals surface area contributed by atoms with Gasteiger partial charge in [-0.1, -0.05) is 30.3 Å². The third-order valence-electron chi connectivity index (χ3n) is 3.66. The predicted molar refractivity (Wildman–Crippen MR) is 98.4 cm³/mol. The molecule has 0 aromatic heterocycles. The van der Waals surface area contributed by atoms with Gasteiger partial charge in [-0.3, -0.25) is 4.79 Å². The molecular weight excluding hydrogens is 328 g/mol. The number of para-hydroxylation sites is 2. The minimum Gasteiger partial charge on any atom is -0.496 e. The van der Waals surface area contributed by atoms with Crippen molar-refractivity contribution in [3.05, 3.63) is 71.4 Å². The summed E-state index contributed by atoms with van der Waals surface area (Å²) in [5.74, 6) is 0.543. The minimum atomic E-state index is -0.244. The van der Waals surface area contributed by atoms with Crippen LogP contribution in [0.3, 0.4) is 0 Å². The van der Waals surface area contributed by atoms with Crippen molar-refractivity contribution in [3.63, 3.8) is 0 Å². The second-order valence-electron chi connectivity index (χ2n) is 5.29. The number of nitriles is 2. The molecule has 130 valence electrons. The van der Waals surface area contributed by atoms with Crippen LogP contribution in [-0.2, 0) is 6.42 Å². The third kappa shape index (κ3) is 4.86. The van der Waals surface area contributed by atoms with Gasteiger partial charge in [0.25, 0.3) is 5.91 Å². The van der Waals surface area contributed by atoms with Gasteiger partial charge in [-0.15, -0.1) is 0 Å². The van der Waals surface area contributed by atoms with E-state index in [4.69, 9.17) is 15.3 Å². The summed E-state index contributed by atoms with van der Waals surface area (Å²) in [6, 6.07) is 18.1. The van der Waals surface area contributed by atoms with Gasteiger partial charge in [0.2, 0.25) is 0 Å². The Balaban J connectivity index is 2.03. The van der Waals surface area contributed by atoms with Gasteiger partial charge in [0, 0.05) is 12.7 Å². The lowest BCUT2D eigenvalue weighted by Gasteiger charge is -2.11. The molecule has 2 aromatic carbocycles. The van der Waals surface area contributed by atoms with Crippen LogP contribution in [0, 0.1) is 22.7 Å². The highest BCUT2D eigenvalue weighted by atomic mass is 16.5. The van der Waals surface area contributed by atoms with Crippen molar-refractivity contribution in [2.45, 2.75) is 6.42 Å². The fourth-order valence-electron chi connectivity index (χ4n) is 2.36. The van der Waals surface area contributed by atoms with E-state index in [9.17, 15) is 4.79 Å². The fraction of sp³-hybridized carbons (Fsp3) is 0.150. The zero-order chi connectivity index (χ0) is 18.8. The quantitative estimate of drug-likeness (QED) is 0.751. The molecule has 0 atom stereocenters. The van der Waals surface area contributed by atoms with E-state index in [2.05, 4.69) is 10.6 Å². The lowest BCUT2D eigenvalue weighted by molar-refractivity contribution is 0.0955. The van der Waals surface area contributed by atoms with E-state index in [1.54, 1.807) is 43.5 Å². The largest absolute Gasteiger partial charge is 0.496 e. The van der Waals surface area contributed by atoms with E-state index >= 15 is 0 Å². The molecule has 2 rings (SSSR count). The summed E-state index contributed by atoms with van der Waals surface area (Å²) in [5, 5.41) is 23.3. The highest BCUT2D eigenvalue weighted by Crippen LogP contribution is 2.18. The highest BCUT2D eigenvalue weighted by Gasteiger charge is 2.10. The molecule has 2 aromatic rings. The molecule has 0 aliphatic carbocycles. The van der Waals surface area contributed by atoms with Crippen LogP contribution in [0.4, 0.5) is 5.69 Å². The fourth-order valence-corrected chi connectivity index (χ4v) is 2.36. The van der Waals surface area contributed by atoms with Gasteiger partial charge in [-0.05, 0) is 30.2 Å². The number of hydrogen-bond acceptors (Lipinski definition) is 5. The van der Waals surface area contributed by atoms with Crippen LogP contribution in [0.2, 0.25) is 0 Å². The number of amides is 1. The van der Waals surface area contributed by atoms with Crippen molar-refractivity contribution in [3.8, 4) is 17.9 Å². The topological polar surface area (TPSA) is 97.9 Å². The Bertz CT molecular complexity index is 875. The molecule has 0 aliphatic heterocycles. The number of ether oxygens (including phenoxy) is 1. The van der Waals surface area contributed by atoms with Crippen LogP contribution >= 0.6 is 0 Å². The standard InChI is InChI=1S/C20H18N4O2/c1-26-19-9-5-2-6-16(19)10-11-23-20(25)17-7-3-4-8-18(17)24-14-15(12-21)13-22/h2-9,14,24H,10-11H2,1H3,(H,23,25). The van der Waals surface area contributed by atoms with Gasteiger partial charge in [-0.25, -0.2) is 0 Å². The molecule has 0 unspecified atom stereocenters. The van der Waals surface area contributed by atoms with Crippen LogP contribution < -0.4 is 15.4 Å².